The number of hydrogen-bond acceptors (Lipinski definition) is 5. The van der Waals surface area contributed by atoms with E-state index in [2.05, 4.69) is 17.6 Å². The smallest absolute Gasteiger partial charge is 0.266 e. The first-order valence-electron chi connectivity index (χ1n) is 13.9. The molecule has 3 aromatic carbocycles. The Labute approximate surface area is 240 Å². The molecule has 1 heterocycles. The summed E-state index contributed by atoms with van der Waals surface area (Å²) in [6, 6.07) is 24.4. The number of rotatable bonds is 14. The minimum absolute atomic E-state index is 0.0509. The third-order valence-corrected chi connectivity index (χ3v) is 7.70. The lowest BCUT2D eigenvalue weighted by Gasteiger charge is -2.17. The maximum Gasteiger partial charge on any atom is 0.266 e. The van der Waals surface area contributed by atoms with Crippen LogP contribution in [0.15, 0.2) is 83.3 Å². The maximum atomic E-state index is 13.4. The van der Waals surface area contributed by atoms with E-state index < -0.39 is 21.8 Å². The molecule has 0 aliphatic heterocycles. The number of hydrogen-bond donors (Lipinski definition) is 3. The number of fused-ring (bicyclic) bond motifs is 1. The van der Waals surface area contributed by atoms with Gasteiger partial charge in [0.15, 0.2) is 0 Å². The molecule has 9 heteroatoms. The lowest BCUT2D eigenvalue weighted by molar-refractivity contribution is -0.120. The van der Waals surface area contributed by atoms with Crippen molar-refractivity contribution in [1.29, 1.82) is 0 Å². The molecule has 1 atom stereocenters. The van der Waals surface area contributed by atoms with Gasteiger partial charge in [0, 0.05) is 34.7 Å². The first kappa shape index (κ1) is 30.0. The molecule has 4 aromatic rings. The van der Waals surface area contributed by atoms with Crippen LogP contribution in [0.25, 0.3) is 22.3 Å². The van der Waals surface area contributed by atoms with E-state index >= 15 is 0 Å². The van der Waals surface area contributed by atoms with E-state index in [0.29, 0.717) is 17.7 Å². The number of para-hydroxylation sites is 1. The first-order chi connectivity index (χ1) is 19.7. The average Bonchev–Trinajstić information content (AvgIpc) is 3.39. The van der Waals surface area contributed by atoms with E-state index in [-0.39, 0.29) is 18.4 Å². The number of nitrogens with one attached hydrogen (secondary N) is 2. The molecule has 3 N–H and O–H groups in total. The predicted molar refractivity (Wildman–Crippen MR) is 161 cm³/mol. The first-order valence-corrected chi connectivity index (χ1v) is 15.5. The van der Waals surface area contributed by atoms with Crippen LogP contribution in [0, 0.1) is 5.92 Å². The Morgan fingerprint density at radius 3 is 2.34 bits per heavy atom. The zero-order valence-corrected chi connectivity index (χ0v) is 24.0. The largest absolute Gasteiger partial charge is 0.456 e. The summed E-state index contributed by atoms with van der Waals surface area (Å²) in [4.78, 5) is 25.6. The van der Waals surface area contributed by atoms with Gasteiger partial charge in [0.1, 0.15) is 11.3 Å². The number of anilines is 1. The molecule has 0 saturated heterocycles. The molecule has 41 heavy (non-hydrogen) atoms. The second-order valence-corrected chi connectivity index (χ2v) is 11.8. The number of carbonyl (C=O) groups excluding carboxylic acids is 2. The fraction of sp³-hybridized carbons (Fsp3) is 0.312. The van der Waals surface area contributed by atoms with Gasteiger partial charge in [0.05, 0.1) is 5.75 Å². The van der Waals surface area contributed by atoms with Gasteiger partial charge < -0.3 is 15.1 Å². The summed E-state index contributed by atoms with van der Waals surface area (Å²) in [5, 5.41) is 6.58. The van der Waals surface area contributed by atoms with Gasteiger partial charge in [-0.25, -0.2) is 0 Å². The van der Waals surface area contributed by atoms with Crippen LogP contribution < -0.4 is 10.6 Å². The highest BCUT2D eigenvalue weighted by Crippen LogP contribution is 2.29. The highest BCUT2D eigenvalue weighted by atomic mass is 32.2. The summed E-state index contributed by atoms with van der Waals surface area (Å²) in [7, 11) is -4.14. The molecule has 0 aliphatic carbocycles. The number of furan rings is 1. The normalized spacial score (nSPS) is 12.2. The molecule has 1 aromatic heterocycles. The molecular weight excluding hydrogens is 540 g/mol. The van der Waals surface area contributed by atoms with Crippen molar-refractivity contribution in [3.63, 3.8) is 0 Å². The molecule has 4 rings (SSSR count). The van der Waals surface area contributed by atoms with E-state index in [1.54, 1.807) is 12.1 Å². The fourth-order valence-corrected chi connectivity index (χ4v) is 5.06. The van der Waals surface area contributed by atoms with E-state index in [4.69, 9.17) is 8.97 Å². The summed E-state index contributed by atoms with van der Waals surface area (Å²) < 4.78 is 36.5. The van der Waals surface area contributed by atoms with Crippen molar-refractivity contribution in [2.24, 2.45) is 5.92 Å². The molecule has 0 bridgehead atoms. The van der Waals surface area contributed by atoms with Gasteiger partial charge in [-0.2, -0.15) is 8.42 Å². The zero-order valence-electron chi connectivity index (χ0n) is 23.1. The molecule has 1 unspecified atom stereocenters. The number of benzene rings is 3. The Bertz CT molecular complexity index is 1530. The van der Waals surface area contributed by atoms with Gasteiger partial charge in [-0.3, -0.25) is 14.1 Å². The summed E-state index contributed by atoms with van der Waals surface area (Å²) in [5.74, 6) is -0.496. The molecular formula is C32H36N2O6S. The van der Waals surface area contributed by atoms with Crippen LogP contribution in [0.5, 0.6) is 0 Å². The van der Waals surface area contributed by atoms with E-state index in [1.165, 1.54) is 0 Å². The number of amides is 2. The summed E-state index contributed by atoms with van der Waals surface area (Å²) >= 11 is 0. The van der Waals surface area contributed by atoms with Crippen molar-refractivity contribution in [1.82, 2.24) is 5.32 Å². The van der Waals surface area contributed by atoms with Crippen molar-refractivity contribution in [2.75, 3.05) is 17.6 Å². The summed E-state index contributed by atoms with van der Waals surface area (Å²) in [6.45, 7) is 1.97. The molecule has 0 radical (unpaired) electrons. The van der Waals surface area contributed by atoms with Crippen LogP contribution >= 0.6 is 0 Å². The average molecular weight is 577 g/mol. The Balaban J connectivity index is 1.39. The van der Waals surface area contributed by atoms with Gasteiger partial charge in [0.2, 0.25) is 5.91 Å². The third-order valence-electron chi connectivity index (χ3n) is 6.98. The van der Waals surface area contributed by atoms with Crippen molar-refractivity contribution in [2.45, 2.75) is 45.4 Å². The monoisotopic (exact) mass is 576 g/mol. The molecule has 216 valence electrons. The Morgan fingerprint density at radius 2 is 1.66 bits per heavy atom. The third kappa shape index (κ3) is 9.03. The van der Waals surface area contributed by atoms with Crippen LogP contribution in [0.2, 0.25) is 0 Å². The van der Waals surface area contributed by atoms with Crippen LogP contribution in [0.4, 0.5) is 5.69 Å². The molecule has 0 spiro atoms. The topological polar surface area (TPSA) is 126 Å². The van der Waals surface area contributed by atoms with Gasteiger partial charge in [0.25, 0.3) is 16.0 Å². The predicted octanol–water partition coefficient (Wildman–Crippen LogP) is 6.49. The highest BCUT2D eigenvalue weighted by Gasteiger charge is 2.20. The Morgan fingerprint density at radius 1 is 0.927 bits per heavy atom. The van der Waals surface area contributed by atoms with Crippen molar-refractivity contribution in [3.8, 4) is 11.3 Å². The fourth-order valence-electron chi connectivity index (χ4n) is 4.70. The SMILES string of the molecule is CCCCCCC(Cc1ccc(C(=O)NCCS(=O)(=O)O)cc1)C(=O)Nc1ccc(-c2cc3ccccc3o2)cc1. The van der Waals surface area contributed by atoms with Gasteiger partial charge in [-0.15, -0.1) is 0 Å². The molecule has 0 saturated carbocycles. The van der Waals surface area contributed by atoms with Crippen LogP contribution in [-0.2, 0) is 21.3 Å². The van der Waals surface area contributed by atoms with Crippen molar-refractivity contribution >= 4 is 38.6 Å². The molecule has 0 aliphatic rings. The lowest BCUT2D eigenvalue weighted by atomic mass is 9.92. The second kappa shape index (κ2) is 14.1. The van der Waals surface area contributed by atoms with E-state index in [9.17, 15) is 18.0 Å². The number of carbonyl (C=O) groups is 2. The number of unbranched alkanes of at least 4 members (excludes halogenated alkanes) is 3. The van der Waals surface area contributed by atoms with Gasteiger partial charge in [-0.1, -0.05) is 62.9 Å². The summed E-state index contributed by atoms with van der Waals surface area (Å²) in [6.07, 6.45) is 5.53. The van der Waals surface area contributed by atoms with Gasteiger partial charge >= 0.3 is 0 Å². The highest BCUT2D eigenvalue weighted by molar-refractivity contribution is 7.85. The standard InChI is InChI=1S/C32H36N2O6S/c1-2-3-4-5-9-27(21-23-11-13-25(14-12-23)31(35)33-19-20-41(37,38)39)32(36)34-28-17-15-24(16-18-28)30-22-26-8-6-7-10-29(26)40-30/h6-8,10-18,22,27H,2-5,9,19-21H2,1H3,(H,33,35)(H,34,36)(H,37,38,39). The Hall–Kier alpha value is -3.95. The van der Waals surface area contributed by atoms with Gasteiger partial charge in [-0.05, 0) is 66.9 Å². The van der Waals surface area contributed by atoms with E-state index in [0.717, 1.165) is 60.0 Å². The van der Waals surface area contributed by atoms with Crippen molar-refractivity contribution in [3.05, 3.63) is 90.0 Å². The second-order valence-electron chi connectivity index (χ2n) is 10.2. The van der Waals surface area contributed by atoms with Crippen LogP contribution in [0.1, 0.15) is 54.9 Å². The quantitative estimate of drug-likeness (QED) is 0.116. The van der Waals surface area contributed by atoms with Crippen LogP contribution in [-0.4, -0.2) is 37.1 Å². The minimum Gasteiger partial charge on any atom is -0.456 e. The molecule has 0 fully saturated rings. The minimum atomic E-state index is -4.14. The van der Waals surface area contributed by atoms with Crippen LogP contribution in [0.3, 0.4) is 0 Å². The summed E-state index contributed by atoms with van der Waals surface area (Å²) in [5.41, 5.74) is 3.77. The van der Waals surface area contributed by atoms with E-state index in [1.807, 2.05) is 66.7 Å². The molecule has 2 amide bonds. The lowest BCUT2D eigenvalue weighted by Crippen LogP contribution is -2.29. The Kier molecular flexibility index (Phi) is 10.3. The zero-order chi connectivity index (χ0) is 29.2. The molecule has 8 nitrogen and oxygen atoms in total. The van der Waals surface area contributed by atoms with Crippen molar-refractivity contribution < 1.29 is 27.0 Å². The maximum absolute atomic E-state index is 13.4.